The third kappa shape index (κ3) is 7.52. The van der Waals surface area contributed by atoms with Gasteiger partial charge in [-0.2, -0.15) is 11.8 Å². The van der Waals surface area contributed by atoms with Crippen LogP contribution in [0.3, 0.4) is 0 Å². The number of hydrogen-bond acceptors (Lipinski definition) is 5. The predicted molar refractivity (Wildman–Crippen MR) is 73.4 cm³/mol. The third-order valence-corrected chi connectivity index (χ3v) is 3.18. The summed E-state index contributed by atoms with van der Waals surface area (Å²) in [5, 5.41) is 11.5. The monoisotopic (exact) mass is 277 g/mol. The van der Waals surface area contributed by atoms with E-state index < -0.39 is 24.0 Å². The van der Waals surface area contributed by atoms with Crippen molar-refractivity contribution >= 4 is 23.6 Å². The van der Waals surface area contributed by atoms with Gasteiger partial charge in [-0.1, -0.05) is 0 Å². The Balaban J connectivity index is 4.14. The smallest absolute Gasteiger partial charge is 0.326 e. The summed E-state index contributed by atoms with van der Waals surface area (Å²) >= 11 is 1.60. The van der Waals surface area contributed by atoms with Crippen LogP contribution in [0.4, 0.5) is 0 Å². The molecule has 0 rings (SSSR count). The van der Waals surface area contributed by atoms with E-state index in [1.54, 1.807) is 11.8 Å². The fourth-order valence-electron chi connectivity index (χ4n) is 1.40. The first-order valence-electron chi connectivity index (χ1n) is 6.00. The lowest BCUT2D eigenvalue weighted by Gasteiger charge is -2.17. The molecule has 0 aliphatic heterocycles. The molecule has 0 aromatic rings. The standard InChI is InChI=1S/C11H23N3O3S/c1-18-7-5-8(13)10(15)14-9(11(16)17)4-2-3-6-12/h8-9H,2-7,12-13H2,1H3,(H,14,15)(H,16,17)/t8-,9+/m0/s1. The summed E-state index contributed by atoms with van der Waals surface area (Å²) in [4.78, 5) is 22.6. The number of carboxylic acid groups (broad SMARTS) is 1. The van der Waals surface area contributed by atoms with Crippen molar-refractivity contribution in [3.05, 3.63) is 0 Å². The van der Waals surface area contributed by atoms with Gasteiger partial charge in [0.25, 0.3) is 0 Å². The van der Waals surface area contributed by atoms with Gasteiger partial charge in [-0.05, 0) is 44.2 Å². The molecule has 0 saturated heterocycles. The van der Waals surface area contributed by atoms with Crippen LogP contribution in [0.2, 0.25) is 0 Å². The SMILES string of the molecule is CSCC[C@H](N)C(=O)N[C@H](CCCCN)C(=O)O. The Hall–Kier alpha value is -0.790. The molecule has 6 nitrogen and oxygen atoms in total. The van der Waals surface area contributed by atoms with E-state index in [1.807, 2.05) is 6.26 Å². The van der Waals surface area contributed by atoms with Crippen molar-refractivity contribution in [1.82, 2.24) is 5.32 Å². The van der Waals surface area contributed by atoms with Gasteiger partial charge < -0.3 is 21.9 Å². The van der Waals surface area contributed by atoms with E-state index in [9.17, 15) is 9.59 Å². The van der Waals surface area contributed by atoms with Crippen molar-refractivity contribution in [1.29, 1.82) is 0 Å². The summed E-state index contributed by atoms with van der Waals surface area (Å²) in [6, 6.07) is -1.52. The summed E-state index contributed by atoms with van der Waals surface area (Å²) in [5.74, 6) is -0.652. The first-order valence-corrected chi connectivity index (χ1v) is 7.40. The number of nitrogens with two attached hydrogens (primary N) is 2. The van der Waals surface area contributed by atoms with E-state index in [-0.39, 0.29) is 0 Å². The van der Waals surface area contributed by atoms with Crippen molar-refractivity contribution < 1.29 is 14.7 Å². The number of unbranched alkanes of at least 4 members (excludes halogenated alkanes) is 1. The van der Waals surface area contributed by atoms with Gasteiger partial charge in [0, 0.05) is 0 Å². The highest BCUT2D eigenvalue weighted by atomic mass is 32.2. The van der Waals surface area contributed by atoms with E-state index in [2.05, 4.69) is 5.32 Å². The molecule has 0 saturated carbocycles. The Bertz CT molecular complexity index is 264. The Morgan fingerprint density at radius 3 is 2.50 bits per heavy atom. The third-order valence-electron chi connectivity index (χ3n) is 2.53. The molecule has 0 aromatic heterocycles. The summed E-state index contributed by atoms with van der Waals surface area (Å²) < 4.78 is 0. The normalized spacial score (nSPS) is 13.9. The molecule has 0 spiro atoms. The average Bonchev–Trinajstić information content (AvgIpc) is 2.34. The maximum Gasteiger partial charge on any atom is 0.326 e. The van der Waals surface area contributed by atoms with Crippen LogP contribution in [0, 0.1) is 0 Å². The molecule has 0 aliphatic carbocycles. The maximum atomic E-state index is 11.7. The van der Waals surface area contributed by atoms with Crippen LogP contribution in [0.1, 0.15) is 25.7 Å². The summed E-state index contributed by atoms with van der Waals surface area (Å²) in [6.07, 6.45) is 4.28. The van der Waals surface area contributed by atoms with Crippen LogP contribution < -0.4 is 16.8 Å². The molecule has 0 radical (unpaired) electrons. The fraction of sp³-hybridized carbons (Fsp3) is 0.818. The number of aliphatic carboxylic acids is 1. The minimum atomic E-state index is -1.03. The Kier molecular flexibility index (Phi) is 9.72. The number of carbonyl (C=O) groups is 2. The molecule has 0 bridgehead atoms. The van der Waals surface area contributed by atoms with Crippen molar-refractivity contribution in [3.63, 3.8) is 0 Å². The zero-order valence-corrected chi connectivity index (χ0v) is 11.5. The van der Waals surface area contributed by atoms with Gasteiger partial charge in [-0.15, -0.1) is 0 Å². The van der Waals surface area contributed by atoms with E-state index in [0.717, 1.165) is 12.2 Å². The second-order valence-electron chi connectivity index (χ2n) is 4.07. The second kappa shape index (κ2) is 10.2. The molecule has 18 heavy (non-hydrogen) atoms. The molecule has 2 atom stereocenters. The largest absolute Gasteiger partial charge is 0.480 e. The Morgan fingerprint density at radius 1 is 1.33 bits per heavy atom. The molecular formula is C11H23N3O3S. The molecule has 7 heteroatoms. The lowest BCUT2D eigenvalue weighted by Crippen LogP contribution is -2.48. The highest BCUT2D eigenvalue weighted by Crippen LogP contribution is 2.03. The molecule has 0 heterocycles. The van der Waals surface area contributed by atoms with Crippen molar-refractivity contribution in [2.24, 2.45) is 11.5 Å². The van der Waals surface area contributed by atoms with Crippen LogP contribution in [-0.4, -0.2) is 47.6 Å². The fourth-order valence-corrected chi connectivity index (χ4v) is 1.89. The van der Waals surface area contributed by atoms with Crippen molar-refractivity contribution in [2.45, 2.75) is 37.8 Å². The van der Waals surface area contributed by atoms with Gasteiger partial charge in [-0.25, -0.2) is 4.79 Å². The number of hydrogen-bond donors (Lipinski definition) is 4. The number of nitrogens with one attached hydrogen (secondary N) is 1. The highest BCUT2D eigenvalue weighted by Gasteiger charge is 2.22. The molecule has 0 aromatic carbocycles. The Labute approximate surface area is 112 Å². The quantitative estimate of drug-likeness (QED) is 0.409. The zero-order chi connectivity index (χ0) is 14.0. The number of amides is 1. The van der Waals surface area contributed by atoms with Gasteiger partial charge in [-0.3, -0.25) is 4.79 Å². The molecule has 0 fully saturated rings. The average molecular weight is 277 g/mol. The lowest BCUT2D eigenvalue weighted by molar-refractivity contribution is -0.142. The van der Waals surface area contributed by atoms with Crippen LogP contribution >= 0.6 is 11.8 Å². The van der Waals surface area contributed by atoms with Crippen LogP contribution in [0.5, 0.6) is 0 Å². The van der Waals surface area contributed by atoms with Gasteiger partial charge in [0.05, 0.1) is 6.04 Å². The van der Waals surface area contributed by atoms with Gasteiger partial charge in [0.1, 0.15) is 6.04 Å². The minimum Gasteiger partial charge on any atom is -0.480 e. The van der Waals surface area contributed by atoms with E-state index in [4.69, 9.17) is 16.6 Å². The predicted octanol–water partition coefficient (Wildman–Crippen LogP) is -0.235. The van der Waals surface area contributed by atoms with Crippen molar-refractivity contribution in [2.75, 3.05) is 18.6 Å². The molecular weight excluding hydrogens is 254 g/mol. The molecule has 106 valence electrons. The topological polar surface area (TPSA) is 118 Å². The van der Waals surface area contributed by atoms with Crippen LogP contribution in [-0.2, 0) is 9.59 Å². The van der Waals surface area contributed by atoms with E-state index in [0.29, 0.717) is 25.8 Å². The van der Waals surface area contributed by atoms with Crippen molar-refractivity contribution in [3.8, 4) is 0 Å². The molecule has 1 amide bonds. The summed E-state index contributed by atoms with van der Waals surface area (Å²) in [5.41, 5.74) is 11.0. The zero-order valence-electron chi connectivity index (χ0n) is 10.7. The van der Waals surface area contributed by atoms with Crippen LogP contribution in [0.25, 0.3) is 0 Å². The molecule has 6 N–H and O–H groups in total. The van der Waals surface area contributed by atoms with Crippen LogP contribution in [0.15, 0.2) is 0 Å². The summed E-state index contributed by atoms with van der Waals surface area (Å²) in [7, 11) is 0. The van der Waals surface area contributed by atoms with E-state index in [1.165, 1.54) is 0 Å². The first-order chi connectivity index (χ1) is 8.52. The van der Waals surface area contributed by atoms with E-state index >= 15 is 0 Å². The minimum absolute atomic E-state index is 0.382. The maximum absolute atomic E-state index is 11.7. The molecule has 0 unspecified atom stereocenters. The summed E-state index contributed by atoms with van der Waals surface area (Å²) in [6.45, 7) is 0.521. The number of thioether (sulfide) groups is 1. The van der Waals surface area contributed by atoms with Gasteiger partial charge >= 0.3 is 5.97 Å². The first kappa shape index (κ1) is 17.2. The van der Waals surface area contributed by atoms with Gasteiger partial charge in [0.2, 0.25) is 5.91 Å². The Morgan fingerprint density at radius 2 is 2.00 bits per heavy atom. The number of carboxylic acids is 1. The number of rotatable bonds is 10. The highest BCUT2D eigenvalue weighted by molar-refractivity contribution is 7.98. The molecule has 0 aliphatic rings. The van der Waals surface area contributed by atoms with Gasteiger partial charge in [0.15, 0.2) is 0 Å². The second-order valence-corrected chi connectivity index (χ2v) is 5.06. The number of carbonyl (C=O) groups excluding carboxylic acids is 1. The lowest BCUT2D eigenvalue weighted by atomic mass is 10.1.